The average Bonchev–Trinajstić information content (AvgIpc) is 3.19. The first-order chi connectivity index (χ1) is 27.6. The van der Waals surface area contributed by atoms with Gasteiger partial charge in [-0.3, -0.25) is 23.4 Å². The molecule has 3 unspecified atom stereocenters. The highest BCUT2D eigenvalue weighted by Crippen LogP contribution is 2.43. The fourth-order valence-electron chi connectivity index (χ4n) is 5.33. The van der Waals surface area contributed by atoms with Crippen molar-refractivity contribution in [3.63, 3.8) is 0 Å². The number of phosphoric ester groups is 1. The fourth-order valence-corrected chi connectivity index (χ4v) is 6.11. The molecule has 11 nitrogen and oxygen atoms in total. The molecule has 0 aromatic carbocycles. The summed E-state index contributed by atoms with van der Waals surface area (Å²) in [6, 6.07) is -1.53. The van der Waals surface area contributed by atoms with Crippen LogP contribution in [0, 0.1) is 0 Å². The van der Waals surface area contributed by atoms with Gasteiger partial charge in [-0.2, -0.15) is 0 Å². The number of ether oxygens (including phenoxy) is 2. The van der Waals surface area contributed by atoms with Gasteiger partial charge in [0.2, 0.25) is 0 Å². The molecule has 0 aromatic heterocycles. The van der Waals surface area contributed by atoms with Gasteiger partial charge in [-0.05, 0) is 77.0 Å². The second-order valence-electron chi connectivity index (χ2n) is 14.1. The first-order valence-electron chi connectivity index (χ1n) is 21.5. The van der Waals surface area contributed by atoms with E-state index in [2.05, 4.69) is 79.1 Å². The monoisotopic (exact) mass is 822 g/mol. The Morgan fingerprint density at radius 3 is 1.54 bits per heavy atom. The van der Waals surface area contributed by atoms with E-state index in [1.807, 2.05) is 12.2 Å². The third kappa shape index (κ3) is 39.5. The normalized spacial score (nSPS) is 14.5. The van der Waals surface area contributed by atoms with Gasteiger partial charge in [0, 0.05) is 12.8 Å². The third-order valence-electron chi connectivity index (χ3n) is 8.69. The number of aliphatic carboxylic acids is 1. The number of phosphoric acid groups is 1. The number of rotatable bonds is 39. The first kappa shape index (κ1) is 53.9. The van der Waals surface area contributed by atoms with Crippen LogP contribution in [0.3, 0.4) is 0 Å². The Morgan fingerprint density at radius 1 is 0.561 bits per heavy atom. The maximum Gasteiger partial charge on any atom is 0.472 e. The van der Waals surface area contributed by atoms with E-state index in [0.29, 0.717) is 19.3 Å². The molecule has 0 rings (SSSR count). The molecule has 0 aliphatic carbocycles. The zero-order valence-electron chi connectivity index (χ0n) is 35.2. The van der Waals surface area contributed by atoms with E-state index >= 15 is 0 Å². The van der Waals surface area contributed by atoms with Crippen molar-refractivity contribution in [1.29, 1.82) is 0 Å². The van der Waals surface area contributed by atoms with Gasteiger partial charge in [-0.15, -0.1) is 0 Å². The lowest BCUT2D eigenvalue weighted by atomic mass is 10.1. The Kier molecular flexibility index (Phi) is 37.6. The summed E-state index contributed by atoms with van der Waals surface area (Å²) in [6.45, 7) is 2.61. The average molecular weight is 822 g/mol. The highest BCUT2D eigenvalue weighted by molar-refractivity contribution is 7.47. The standard InChI is InChI=1S/C45H76NO10P/c1-3-5-7-9-11-13-15-17-19-21-23-25-27-29-31-33-35-37-44(48)56-41(39-54-57(51,52)55-40-42(46)45(49)50)38-53-43(47)36-34-32-30-28-26-24-22-20-18-16-14-12-10-8-6-4-2/h5,7,11,13,17,19-20,22-23,25,29,31,41-42H,3-4,6,8-10,12,14-16,18,21,24,26-28,30,32-40,46H2,1-2H3,(H,49,50)(H,51,52)/b7-5-,13-11-,19-17-,22-20-,25-23-,31-29-. The van der Waals surface area contributed by atoms with Crippen LogP contribution in [0.5, 0.6) is 0 Å². The Morgan fingerprint density at radius 2 is 1.00 bits per heavy atom. The molecule has 0 aliphatic heterocycles. The van der Waals surface area contributed by atoms with E-state index in [-0.39, 0.29) is 19.4 Å². The van der Waals surface area contributed by atoms with Gasteiger partial charge in [0.25, 0.3) is 0 Å². The van der Waals surface area contributed by atoms with Crippen molar-refractivity contribution in [2.24, 2.45) is 5.73 Å². The Hall–Kier alpha value is -3.08. The van der Waals surface area contributed by atoms with Gasteiger partial charge in [0.1, 0.15) is 12.6 Å². The lowest BCUT2D eigenvalue weighted by molar-refractivity contribution is -0.161. The molecule has 3 atom stereocenters. The number of esters is 2. The van der Waals surface area contributed by atoms with Gasteiger partial charge < -0.3 is 25.2 Å². The summed E-state index contributed by atoms with van der Waals surface area (Å²) >= 11 is 0. The Bertz CT molecular complexity index is 1240. The van der Waals surface area contributed by atoms with Gasteiger partial charge in [-0.1, -0.05) is 145 Å². The largest absolute Gasteiger partial charge is 0.480 e. The molecule has 326 valence electrons. The number of carbonyl (C=O) groups is 3. The van der Waals surface area contributed by atoms with Crippen LogP contribution in [0.25, 0.3) is 0 Å². The molecule has 0 radical (unpaired) electrons. The molecule has 0 aliphatic rings. The lowest BCUT2D eigenvalue weighted by Gasteiger charge is -2.20. The molecule has 0 fully saturated rings. The number of allylic oxidation sites excluding steroid dienone is 12. The maximum atomic E-state index is 12.6. The molecule has 12 heteroatoms. The summed E-state index contributed by atoms with van der Waals surface area (Å²) in [5.41, 5.74) is 5.33. The molecular formula is C45H76NO10P. The van der Waals surface area contributed by atoms with E-state index in [1.165, 1.54) is 44.9 Å². The fraction of sp³-hybridized carbons (Fsp3) is 0.667. The second kappa shape index (κ2) is 39.7. The lowest BCUT2D eigenvalue weighted by Crippen LogP contribution is -2.34. The van der Waals surface area contributed by atoms with Gasteiger partial charge >= 0.3 is 25.7 Å². The van der Waals surface area contributed by atoms with Crippen LogP contribution >= 0.6 is 7.82 Å². The van der Waals surface area contributed by atoms with E-state index in [4.69, 9.17) is 24.8 Å². The summed E-state index contributed by atoms with van der Waals surface area (Å²) in [5.74, 6) is -2.47. The molecule has 4 N–H and O–H groups in total. The minimum atomic E-state index is -4.74. The molecule has 0 bridgehead atoms. The number of hydrogen-bond donors (Lipinski definition) is 3. The number of carboxylic acid groups (broad SMARTS) is 1. The highest BCUT2D eigenvalue weighted by Gasteiger charge is 2.28. The first-order valence-corrected chi connectivity index (χ1v) is 23.0. The summed E-state index contributed by atoms with van der Waals surface area (Å²) in [7, 11) is -4.74. The van der Waals surface area contributed by atoms with Crippen molar-refractivity contribution < 1.29 is 47.5 Å². The van der Waals surface area contributed by atoms with Crippen LogP contribution in [-0.2, 0) is 37.5 Å². The Balaban J connectivity index is 4.50. The SMILES string of the molecule is CC/C=C\C/C=C\C/C=C\C/C=C\C/C=C\CCCC(=O)OC(COC(=O)CCCCCCC/C=C\CCCCCCCCC)COP(=O)(O)OCC(N)C(=O)O. The zero-order chi connectivity index (χ0) is 42.1. The minimum Gasteiger partial charge on any atom is -0.480 e. The Labute approximate surface area is 344 Å². The summed E-state index contributed by atoms with van der Waals surface area (Å²) < 4.78 is 32.6. The molecule has 0 aromatic rings. The molecule has 0 saturated heterocycles. The van der Waals surface area contributed by atoms with Gasteiger partial charge in [-0.25, -0.2) is 4.57 Å². The number of carboxylic acids is 1. The molecule has 0 heterocycles. The quantitative estimate of drug-likeness (QED) is 0.0233. The molecule has 0 saturated carbocycles. The van der Waals surface area contributed by atoms with Crippen LogP contribution in [0.1, 0.15) is 162 Å². The summed E-state index contributed by atoms with van der Waals surface area (Å²) in [4.78, 5) is 45.9. The number of carbonyl (C=O) groups excluding carboxylic acids is 2. The third-order valence-corrected chi connectivity index (χ3v) is 9.64. The van der Waals surface area contributed by atoms with Crippen LogP contribution in [0.4, 0.5) is 0 Å². The molecule has 0 spiro atoms. The topological polar surface area (TPSA) is 172 Å². The van der Waals surface area contributed by atoms with Crippen molar-refractivity contribution in [1.82, 2.24) is 0 Å². The molecular weight excluding hydrogens is 745 g/mol. The maximum absolute atomic E-state index is 12.6. The summed E-state index contributed by atoms with van der Waals surface area (Å²) in [5, 5.41) is 8.88. The van der Waals surface area contributed by atoms with Crippen molar-refractivity contribution in [2.75, 3.05) is 19.8 Å². The van der Waals surface area contributed by atoms with E-state index in [0.717, 1.165) is 70.6 Å². The van der Waals surface area contributed by atoms with Crippen LogP contribution in [-0.4, -0.2) is 59.9 Å². The number of hydrogen-bond acceptors (Lipinski definition) is 9. The highest BCUT2D eigenvalue weighted by atomic mass is 31.2. The van der Waals surface area contributed by atoms with E-state index in [1.54, 1.807) is 0 Å². The van der Waals surface area contributed by atoms with E-state index in [9.17, 15) is 23.8 Å². The zero-order valence-corrected chi connectivity index (χ0v) is 36.0. The van der Waals surface area contributed by atoms with Crippen LogP contribution in [0.15, 0.2) is 72.9 Å². The number of nitrogens with two attached hydrogens (primary N) is 1. The van der Waals surface area contributed by atoms with Gasteiger partial charge in [0.05, 0.1) is 13.2 Å². The predicted molar refractivity (Wildman–Crippen MR) is 231 cm³/mol. The van der Waals surface area contributed by atoms with Crippen molar-refractivity contribution >= 4 is 25.7 Å². The predicted octanol–water partition coefficient (Wildman–Crippen LogP) is 11.3. The summed E-state index contributed by atoms with van der Waals surface area (Å²) in [6.07, 6.45) is 46.9. The second-order valence-corrected chi connectivity index (χ2v) is 15.5. The smallest absolute Gasteiger partial charge is 0.472 e. The van der Waals surface area contributed by atoms with Crippen molar-refractivity contribution in [3.05, 3.63) is 72.9 Å². The van der Waals surface area contributed by atoms with E-state index < -0.39 is 51.1 Å². The van der Waals surface area contributed by atoms with Gasteiger partial charge in [0.15, 0.2) is 6.10 Å². The molecule has 57 heavy (non-hydrogen) atoms. The van der Waals surface area contributed by atoms with Crippen LogP contribution in [0.2, 0.25) is 0 Å². The van der Waals surface area contributed by atoms with Crippen molar-refractivity contribution in [3.8, 4) is 0 Å². The minimum absolute atomic E-state index is 0.0779. The van der Waals surface area contributed by atoms with Crippen molar-refractivity contribution in [2.45, 2.75) is 174 Å². The molecule has 0 amide bonds. The number of unbranched alkanes of at least 4 members (excludes halogenated alkanes) is 13. The van der Waals surface area contributed by atoms with Crippen LogP contribution < -0.4 is 5.73 Å².